The Hall–Kier alpha value is -0.270. The summed E-state index contributed by atoms with van der Waals surface area (Å²) < 4.78 is 0. The summed E-state index contributed by atoms with van der Waals surface area (Å²) in [6.45, 7) is 4.11. The van der Waals surface area contributed by atoms with Crippen molar-refractivity contribution in [1.29, 1.82) is 0 Å². The van der Waals surface area contributed by atoms with E-state index in [-0.39, 0.29) is 23.7 Å². The third-order valence-electron chi connectivity index (χ3n) is 1.99. The number of carboxylic acids is 2. The number of aliphatic carboxylic acids is 2. The topological polar surface area (TPSA) is 74.6 Å². The zero-order valence-electron chi connectivity index (χ0n) is 10.9. The van der Waals surface area contributed by atoms with Gasteiger partial charge in [-0.25, -0.2) is 0 Å². The molecule has 0 unspecified atom stereocenters. The standard InChI is InChI=1S/2C6H12O2.H2Te/c2*1-2-3-4-5-6(7)8;/h2*2-5H2,1H3,(H,7,8);1H2. The van der Waals surface area contributed by atoms with Gasteiger partial charge in [0.15, 0.2) is 0 Å². The first-order valence-electron chi connectivity index (χ1n) is 5.98. The van der Waals surface area contributed by atoms with Crippen molar-refractivity contribution in [3.8, 4) is 0 Å². The van der Waals surface area contributed by atoms with Crippen LogP contribution in [0, 0.1) is 0 Å². The molecule has 0 heterocycles. The number of hydrogen-bond donors (Lipinski definition) is 2. The molecule has 0 saturated heterocycles. The molecule has 0 atom stereocenters. The van der Waals surface area contributed by atoms with Gasteiger partial charge in [0.2, 0.25) is 0 Å². The molecule has 0 spiro atoms. The molecule has 17 heavy (non-hydrogen) atoms. The molecule has 0 aromatic rings. The van der Waals surface area contributed by atoms with Gasteiger partial charge < -0.3 is 10.2 Å². The van der Waals surface area contributed by atoms with Crippen molar-refractivity contribution in [2.24, 2.45) is 0 Å². The van der Waals surface area contributed by atoms with Gasteiger partial charge in [-0.2, -0.15) is 0 Å². The van der Waals surface area contributed by atoms with Crippen LogP contribution in [0.25, 0.3) is 0 Å². The summed E-state index contributed by atoms with van der Waals surface area (Å²) in [7, 11) is 0. The second-order valence-electron chi connectivity index (χ2n) is 3.70. The van der Waals surface area contributed by atoms with Crippen LogP contribution in [-0.2, 0) is 9.59 Å². The molecule has 0 bridgehead atoms. The average molecular weight is 362 g/mol. The van der Waals surface area contributed by atoms with Crippen molar-refractivity contribution in [3.63, 3.8) is 0 Å². The summed E-state index contributed by atoms with van der Waals surface area (Å²) in [5.41, 5.74) is 0. The molecular formula is C12H26O4Te. The molecule has 2 N–H and O–H groups in total. The Kier molecular flexibility index (Phi) is 23.4. The van der Waals surface area contributed by atoms with Gasteiger partial charge in [0.25, 0.3) is 0 Å². The van der Waals surface area contributed by atoms with Crippen LogP contribution in [0.15, 0.2) is 0 Å². The molecule has 104 valence electrons. The predicted octanol–water partition coefficient (Wildman–Crippen LogP) is 2.39. The van der Waals surface area contributed by atoms with Gasteiger partial charge in [-0.05, 0) is 12.8 Å². The second-order valence-corrected chi connectivity index (χ2v) is 3.70. The van der Waals surface area contributed by atoms with Crippen molar-refractivity contribution >= 4 is 35.6 Å². The summed E-state index contributed by atoms with van der Waals surface area (Å²) >= 11 is 0. The van der Waals surface area contributed by atoms with E-state index in [1.807, 2.05) is 0 Å². The van der Waals surface area contributed by atoms with E-state index in [1.165, 1.54) is 0 Å². The molecule has 0 aliphatic carbocycles. The summed E-state index contributed by atoms with van der Waals surface area (Å²) in [5, 5.41) is 16.3. The van der Waals surface area contributed by atoms with E-state index >= 15 is 0 Å². The molecule has 0 saturated carbocycles. The zero-order chi connectivity index (χ0) is 12.8. The number of hydrogen-bond acceptors (Lipinski definition) is 2. The van der Waals surface area contributed by atoms with Gasteiger partial charge in [-0.1, -0.05) is 39.5 Å². The van der Waals surface area contributed by atoms with E-state index in [4.69, 9.17) is 10.2 Å². The van der Waals surface area contributed by atoms with Crippen molar-refractivity contribution < 1.29 is 19.8 Å². The van der Waals surface area contributed by atoms with Crippen molar-refractivity contribution in [1.82, 2.24) is 0 Å². The van der Waals surface area contributed by atoms with Crippen LogP contribution in [0.1, 0.15) is 65.2 Å². The van der Waals surface area contributed by atoms with Crippen LogP contribution < -0.4 is 0 Å². The number of carbonyl (C=O) groups is 2. The Balaban J connectivity index is -0.000000218. The van der Waals surface area contributed by atoms with Crippen molar-refractivity contribution in [2.75, 3.05) is 0 Å². The second kappa shape index (κ2) is 18.1. The van der Waals surface area contributed by atoms with Crippen LogP contribution in [0.2, 0.25) is 0 Å². The van der Waals surface area contributed by atoms with Crippen molar-refractivity contribution in [3.05, 3.63) is 0 Å². The van der Waals surface area contributed by atoms with Gasteiger partial charge >= 0.3 is 35.6 Å². The van der Waals surface area contributed by atoms with E-state index in [9.17, 15) is 9.59 Å². The molecule has 5 heteroatoms. The van der Waals surface area contributed by atoms with E-state index in [0.29, 0.717) is 12.8 Å². The number of carboxylic acid groups (broad SMARTS) is 2. The first-order chi connectivity index (χ1) is 7.54. The monoisotopic (exact) mass is 364 g/mol. The minimum absolute atomic E-state index is 0. The Morgan fingerprint density at radius 3 is 1.24 bits per heavy atom. The zero-order valence-corrected chi connectivity index (χ0v) is 13.7. The Bertz CT molecular complexity index is 163. The maximum absolute atomic E-state index is 9.87. The summed E-state index contributed by atoms with van der Waals surface area (Å²) in [5.74, 6) is -1.36. The minimum atomic E-state index is -0.682. The fourth-order valence-electron chi connectivity index (χ4n) is 1.05. The van der Waals surface area contributed by atoms with Crippen molar-refractivity contribution in [2.45, 2.75) is 65.2 Å². The van der Waals surface area contributed by atoms with Crippen LogP contribution in [-0.4, -0.2) is 45.8 Å². The Morgan fingerprint density at radius 1 is 0.765 bits per heavy atom. The van der Waals surface area contributed by atoms with E-state index < -0.39 is 11.9 Å². The third kappa shape index (κ3) is 31.3. The first-order valence-corrected chi connectivity index (χ1v) is 5.98. The predicted molar refractivity (Wildman–Crippen MR) is 72.1 cm³/mol. The quantitative estimate of drug-likeness (QED) is 0.514. The van der Waals surface area contributed by atoms with Crippen LogP contribution in [0.3, 0.4) is 0 Å². The van der Waals surface area contributed by atoms with Crippen LogP contribution in [0.5, 0.6) is 0 Å². The number of rotatable bonds is 8. The molecule has 4 nitrogen and oxygen atoms in total. The van der Waals surface area contributed by atoms with Gasteiger partial charge in [0, 0.05) is 12.8 Å². The molecule has 0 aromatic heterocycles. The molecule has 0 rings (SSSR count). The van der Waals surface area contributed by atoms with Gasteiger partial charge in [0.1, 0.15) is 0 Å². The normalized spacial score (nSPS) is 8.59. The van der Waals surface area contributed by atoms with Gasteiger partial charge in [-0.15, -0.1) is 0 Å². The SMILES string of the molecule is CCCCCC(=O)O.CCCCCC(=O)O.[TeH2]. The molecule has 0 fully saturated rings. The first kappa shape index (κ1) is 22.0. The van der Waals surface area contributed by atoms with Gasteiger partial charge in [-0.3, -0.25) is 9.59 Å². The Morgan fingerprint density at radius 2 is 1.06 bits per heavy atom. The van der Waals surface area contributed by atoms with E-state index in [1.54, 1.807) is 0 Å². The molecule has 0 aromatic carbocycles. The fourth-order valence-corrected chi connectivity index (χ4v) is 1.05. The van der Waals surface area contributed by atoms with E-state index in [2.05, 4.69) is 13.8 Å². The number of unbranched alkanes of at least 4 members (excludes halogenated alkanes) is 4. The van der Waals surface area contributed by atoms with E-state index in [0.717, 1.165) is 38.5 Å². The van der Waals surface area contributed by atoms with Crippen LogP contribution in [0.4, 0.5) is 0 Å². The molecule has 0 amide bonds. The fraction of sp³-hybridized carbons (Fsp3) is 0.833. The average Bonchev–Trinajstić information content (AvgIpc) is 2.18. The van der Waals surface area contributed by atoms with Gasteiger partial charge in [0.05, 0.1) is 0 Å². The summed E-state index contributed by atoms with van der Waals surface area (Å²) in [4.78, 5) is 19.7. The molecular weight excluding hydrogens is 336 g/mol. The molecule has 0 aliphatic rings. The molecule has 0 radical (unpaired) electrons. The maximum atomic E-state index is 9.87. The summed E-state index contributed by atoms with van der Waals surface area (Å²) in [6.07, 6.45) is 6.55. The van der Waals surface area contributed by atoms with Crippen LogP contribution >= 0.6 is 0 Å². The third-order valence-corrected chi connectivity index (χ3v) is 1.99. The Labute approximate surface area is 121 Å². The summed E-state index contributed by atoms with van der Waals surface area (Å²) in [6, 6.07) is 0. The molecule has 0 aliphatic heterocycles.